The Bertz CT molecular complexity index is 1050. The quantitative estimate of drug-likeness (QED) is 0.446. The normalized spacial score (nSPS) is 14.8. The lowest BCUT2D eigenvalue weighted by Crippen LogP contribution is -2.34. The van der Waals surface area contributed by atoms with Gasteiger partial charge in [-0.3, -0.25) is 19.3 Å². The van der Waals surface area contributed by atoms with Crippen molar-refractivity contribution in [2.24, 2.45) is 0 Å². The van der Waals surface area contributed by atoms with Crippen molar-refractivity contribution in [1.82, 2.24) is 4.90 Å². The fourth-order valence-electron chi connectivity index (χ4n) is 2.75. The molecule has 162 valence electrons. The first-order valence-electron chi connectivity index (χ1n) is 8.90. The van der Waals surface area contributed by atoms with Gasteiger partial charge in [0.25, 0.3) is 11.1 Å². The van der Waals surface area contributed by atoms with Crippen LogP contribution in [0.15, 0.2) is 41.3 Å². The van der Waals surface area contributed by atoms with Crippen LogP contribution in [0.4, 0.5) is 9.18 Å². The molecule has 31 heavy (non-hydrogen) atoms. The molecule has 0 saturated carbocycles. The van der Waals surface area contributed by atoms with Gasteiger partial charge in [0, 0.05) is 11.1 Å². The van der Waals surface area contributed by atoms with E-state index >= 15 is 0 Å². The number of ether oxygens (including phenoxy) is 3. The minimum absolute atomic E-state index is 0.0935. The number of para-hydroxylation sites is 1. The predicted molar refractivity (Wildman–Crippen MR) is 113 cm³/mol. The maximum Gasteiger partial charge on any atom is 0.325 e. The molecule has 1 heterocycles. The highest BCUT2D eigenvalue weighted by atomic mass is 35.5. The fraction of sp³-hybridized carbons (Fsp3) is 0.190. The number of hydrogen-bond acceptors (Lipinski definition) is 7. The van der Waals surface area contributed by atoms with E-state index in [1.54, 1.807) is 24.3 Å². The van der Waals surface area contributed by atoms with E-state index in [0.29, 0.717) is 23.1 Å². The number of amides is 2. The smallest absolute Gasteiger partial charge is 0.325 e. The molecule has 0 spiro atoms. The summed E-state index contributed by atoms with van der Waals surface area (Å²) in [4.78, 5) is 37.1. The van der Waals surface area contributed by atoms with Gasteiger partial charge in [0.1, 0.15) is 19.0 Å². The third kappa shape index (κ3) is 5.00. The van der Waals surface area contributed by atoms with Gasteiger partial charge < -0.3 is 14.2 Å². The van der Waals surface area contributed by atoms with Crippen LogP contribution in [0.25, 0.3) is 6.08 Å². The van der Waals surface area contributed by atoms with Gasteiger partial charge >= 0.3 is 5.97 Å². The number of methoxy groups -OCH3 is 2. The Hall–Kier alpha value is -3.04. The van der Waals surface area contributed by atoms with E-state index < -0.39 is 29.5 Å². The Balaban J connectivity index is 1.91. The Kier molecular flexibility index (Phi) is 7.19. The summed E-state index contributed by atoms with van der Waals surface area (Å²) in [5.74, 6) is -1.28. The van der Waals surface area contributed by atoms with Gasteiger partial charge in [-0.15, -0.1) is 0 Å². The lowest BCUT2D eigenvalue weighted by Gasteiger charge is -2.15. The third-order valence-electron chi connectivity index (χ3n) is 4.33. The summed E-state index contributed by atoms with van der Waals surface area (Å²) in [6.45, 7) is -0.664. The number of imide groups is 1. The molecule has 0 bridgehead atoms. The Morgan fingerprint density at radius 1 is 1.19 bits per heavy atom. The van der Waals surface area contributed by atoms with Gasteiger partial charge in [0.05, 0.1) is 24.1 Å². The molecule has 1 aliphatic rings. The third-order valence-corrected chi connectivity index (χ3v) is 5.59. The molecule has 0 radical (unpaired) electrons. The predicted octanol–water partition coefficient (Wildman–Crippen LogP) is 4.28. The largest absolute Gasteiger partial charge is 0.493 e. The second-order valence-electron chi connectivity index (χ2n) is 6.21. The summed E-state index contributed by atoms with van der Waals surface area (Å²) in [5.41, 5.74) is 0.592. The van der Waals surface area contributed by atoms with Gasteiger partial charge in [-0.25, -0.2) is 4.39 Å². The molecule has 0 N–H and O–H groups in total. The summed E-state index contributed by atoms with van der Waals surface area (Å²) >= 11 is 6.74. The number of rotatable bonds is 7. The number of halogens is 2. The van der Waals surface area contributed by atoms with Crippen molar-refractivity contribution in [1.29, 1.82) is 0 Å². The number of hydrogen-bond donors (Lipinski definition) is 0. The molecule has 1 fully saturated rings. The van der Waals surface area contributed by atoms with Crippen LogP contribution in [0.5, 0.6) is 11.5 Å². The molecule has 0 aromatic heterocycles. The highest BCUT2D eigenvalue weighted by Gasteiger charge is 2.36. The molecule has 2 amide bonds. The van der Waals surface area contributed by atoms with Crippen molar-refractivity contribution in [2.75, 3.05) is 20.8 Å². The zero-order valence-electron chi connectivity index (χ0n) is 16.5. The monoisotopic (exact) mass is 465 g/mol. The maximum atomic E-state index is 14.1. The van der Waals surface area contributed by atoms with Crippen LogP contribution in [0.3, 0.4) is 0 Å². The first-order chi connectivity index (χ1) is 14.8. The van der Waals surface area contributed by atoms with E-state index in [4.69, 9.17) is 21.1 Å². The van der Waals surface area contributed by atoms with Gasteiger partial charge in [0.15, 0.2) is 11.5 Å². The van der Waals surface area contributed by atoms with Crippen LogP contribution >= 0.6 is 23.4 Å². The van der Waals surface area contributed by atoms with Crippen molar-refractivity contribution in [3.63, 3.8) is 0 Å². The summed E-state index contributed by atoms with van der Waals surface area (Å²) in [6, 6.07) is 9.26. The van der Waals surface area contributed by atoms with Crippen molar-refractivity contribution >= 4 is 46.6 Å². The molecule has 0 atom stereocenters. The number of esters is 1. The van der Waals surface area contributed by atoms with Crippen LogP contribution in [-0.4, -0.2) is 42.8 Å². The van der Waals surface area contributed by atoms with E-state index in [0.717, 1.165) is 4.90 Å². The molecule has 3 rings (SSSR count). The lowest BCUT2D eigenvalue weighted by atomic mass is 10.1. The number of benzene rings is 2. The molecular formula is C21H17ClFNO6S. The summed E-state index contributed by atoms with van der Waals surface area (Å²) in [5, 5.41) is -0.384. The molecule has 7 nitrogen and oxygen atoms in total. The minimum atomic E-state index is -0.712. The Labute approximate surface area is 186 Å². The van der Waals surface area contributed by atoms with E-state index in [9.17, 15) is 18.8 Å². The average molecular weight is 466 g/mol. The van der Waals surface area contributed by atoms with Crippen molar-refractivity contribution < 1.29 is 33.0 Å². The molecule has 2 aromatic rings. The first kappa shape index (κ1) is 22.6. The van der Waals surface area contributed by atoms with E-state index in [2.05, 4.69) is 4.74 Å². The number of thioether (sulfide) groups is 1. The van der Waals surface area contributed by atoms with E-state index in [-0.39, 0.29) is 27.8 Å². The zero-order valence-corrected chi connectivity index (χ0v) is 18.1. The summed E-state index contributed by atoms with van der Waals surface area (Å²) in [7, 11) is 2.60. The fourth-order valence-corrected chi connectivity index (χ4v) is 3.79. The topological polar surface area (TPSA) is 82.1 Å². The second-order valence-corrected chi connectivity index (χ2v) is 7.61. The molecule has 0 aliphatic carbocycles. The van der Waals surface area contributed by atoms with Crippen LogP contribution in [0, 0.1) is 5.82 Å². The summed E-state index contributed by atoms with van der Waals surface area (Å²) < 4.78 is 29.7. The highest BCUT2D eigenvalue weighted by Crippen LogP contribution is 2.38. The van der Waals surface area contributed by atoms with Gasteiger partial charge in [-0.1, -0.05) is 29.8 Å². The summed E-state index contributed by atoms with van der Waals surface area (Å²) in [6.07, 6.45) is 1.45. The molecule has 10 heteroatoms. The number of nitrogens with zero attached hydrogens (tertiary/aromatic N) is 1. The Morgan fingerprint density at radius 2 is 1.94 bits per heavy atom. The first-order valence-corrected chi connectivity index (χ1v) is 10.1. The minimum Gasteiger partial charge on any atom is -0.493 e. The van der Waals surface area contributed by atoms with E-state index in [1.807, 2.05) is 0 Å². The standard InChI is InChI=1S/C21H17ClFNO6S/c1-28-16-8-3-5-12(19(16)30-11-13-14(22)6-4-7-15(13)23)9-17-20(26)24(21(27)31-17)10-18(25)29-2/h3-9H,10-11H2,1-2H3/b17-9-. The van der Waals surface area contributed by atoms with Crippen LogP contribution in [0.1, 0.15) is 11.1 Å². The SMILES string of the molecule is COC(=O)CN1C(=O)S/C(=C\c2cccc(OC)c2OCc2c(F)cccc2Cl)C1=O. The van der Waals surface area contributed by atoms with Crippen molar-refractivity contribution in [3.05, 3.63) is 63.3 Å². The molecule has 0 unspecified atom stereocenters. The van der Waals surface area contributed by atoms with E-state index in [1.165, 1.54) is 32.4 Å². The zero-order chi connectivity index (χ0) is 22.5. The van der Waals surface area contributed by atoms with Gasteiger partial charge in [0.2, 0.25) is 0 Å². The molecule has 1 saturated heterocycles. The second kappa shape index (κ2) is 9.84. The average Bonchev–Trinajstić information content (AvgIpc) is 3.01. The lowest BCUT2D eigenvalue weighted by molar-refractivity contribution is -0.143. The van der Waals surface area contributed by atoms with Crippen LogP contribution in [-0.2, 0) is 20.9 Å². The molecular weight excluding hydrogens is 449 g/mol. The molecule has 2 aromatic carbocycles. The number of carbonyl (C=O) groups excluding carboxylic acids is 3. The maximum absolute atomic E-state index is 14.1. The molecule has 1 aliphatic heterocycles. The number of carbonyl (C=O) groups is 3. The van der Waals surface area contributed by atoms with Crippen LogP contribution in [0.2, 0.25) is 5.02 Å². The Morgan fingerprint density at radius 3 is 2.61 bits per heavy atom. The van der Waals surface area contributed by atoms with Gasteiger partial charge in [-0.2, -0.15) is 0 Å². The van der Waals surface area contributed by atoms with Crippen molar-refractivity contribution in [2.45, 2.75) is 6.61 Å². The van der Waals surface area contributed by atoms with Crippen LogP contribution < -0.4 is 9.47 Å². The van der Waals surface area contributed by atoms with Gasteiger partial charge in [-0.05, 0) is 36.0 Å². The highest BCUT2D eigenvalue weighted by molar-refractivity contribution is 8.18. The van der Waals surface area contributed by atoms with Crippen molar-refractivity contribution in [3.8, 4) is 11.5 Å².